The molecule has 6 nitrogen and oxygen atoms in total. The topological polar surface area (TPSA) is 69.8 Å². The van der Waals surface area contributed by atoms with Crippen LogP contribution in [0.3, 0.4) is 0 Å². The molecule has 0 amide bonds. The second-order valence-electron chi connectivity index (χ2n) is 11.5. The van der Waals surface area contributed by atoms with Gasteiger partial charge in [-0.05, 0) is 108 Å². The number of aryl methyl sites for hydroxylation is 1. The molecule has 4 fully saturated rings. The van der Waals surface area contributed by atoms with E-state index in [1.807, 2.05) is 32.0 Å². The van der Waals surface area contributed by atoms with Gasteiger partial charge in [0, 0.05) is 0 Å². The molecule has 0 N–H and O–H groups in total. The minimum absolute atomic E-state index is 0.00878. The van der Waals surface area contributed by atoms with Gasteiger partial charge in [-0.15, -0.1) is 0 Å². The van der Waals surface area contributed by atoms with Gasteiger partial charge >= 0.3 is 5.97 Å². The number of esters is 1. The maximum Gasteiger partial charge on any atom is 0.338 e. The molecule has 2 aliphatic heterocycles. The first-order valence-electron chi connectivity index (χ1n) is 13.1. The predicted molar refractivity (Wildman–Crippen MR) is 128 cm³/mol. The van der Waals surface area contributed by atoms with E-state index >= 15 is 0 Å². The number of carbonyl (C=O) groups is 1. The van der Waals surface area contributed by atoms with E-state index in [9.17, 15) is 4.79 Å². The summed E-state index contributed by atoms with van der Waals surface area (Å²) in [5.74, 6) is 2.13. The first-order valence-corrected chi connectivity index (χ1v) is 13.1. The van der Waals surface area contributed by atoms with Crippen molar-refractivity contribution >= 4 is 5.97 Å². The summed E-state index contributed by atoms with van der Waals surface area (Å²) in [6.07, 6.45) is 9.56. The highest BCUT2D eigenvalue weighted by atomic mass is 16.6. The highest BCUT2D eigenvalue weighted by molar-refractivity contribution is 5.90. The van der Waals surface area contributed by atoms with Crippen molar-refractivity contribution in [3.8, 4) is 5.75 Å². The Balaban J connectivity index is 1.02. The van der Waals surface area contributed by atoms with Crippen molar-refractivity contribution in [1.82, 2.24) is 0 Å². The SMILES string of the molecule is Cc1cc(C(=O)OC2CCC(C3CCC(OCC4(C)CO4)CC3)CC2)ccc1OCC1(C)CO1. The summed E-state index contributed by atoms with van der Waals surface area (Å²) in [6.45, 7) is 8.98. The third-order valence-corrected chi connectivity index (χ3v) is 8.22. The zero-order chi connectivity index (χ0) is 23.8. The lowest BCUT2D eigenvalue weighted by molar-refractivity contribution is -0.0187. The molecular formula is C28H40O6. The van der Waals surface area contributed by atoms with Gasteiger partial charge in [0.05, 0.1) is 31.5 Å². The quantitative estimate of drug-likeness (QED) is 0.361. The smallest absolute Gasteiger partial charge is 0.338 e. The van der Waals surface area contributed by atoms with E-state index in [2.05, 4.69) is 6.92 Å². The van der Waals surface area contributed by atoms with Crippen molar-refractivity contribution < 1.29 is 28.5 Å². The predicted octanol–water partition coefficient (Wildman–Crippen LogP) is 5.24. The summed E-state index contributed by atoms with van der Waals surface area (Å²) in [4.78, 5) is 12.8. The second kappa shape index (κ2) is 9.79. The number of carbonyl (C=O) groups excluding carboxylic acids is 1. The number of hydrogen-bond acceptors (Lipinski definition) is 6. The normalized spacial score (nSPS) is 37.1. The Kier molecular flexibility index (Phi) is 6.93. The van der Waals surface area contributed by atoms with Gasteiger partial charge in [-0.25, -0.2) is 4.79 Å². The summed E-state index contributed by atoms with van der Waals surface area (Å²) in [5.41, 5.74) is 1.39. The average Bonchev–Trinajstić information content (AvgIpc) is 3.77. The van der Waals surface area contributed by atoms with Crippen LogP contribution in [0.25, 0.3) is 0 Å². The fraction of sp³-hybridized carbons (Fsp3) is 0.750. The Morgan fingerprint density at radius 1 is 0.882 bits per heavy atom. The molecule has 34 heavy (non-hydrogen) atoms. The Hall–Kier alpha value is -1.63. The van der Waals surface area contributed by atoms with E-state index in [1.165, 1.54) is 25.7 Å². The molecule has 0 aromatic heterocycles. The summed E-state index contributed by atoms with van der Waals surface area (Å²) in [5, 5.41) is 0. The highest BCUT2D eigenvalue weighted by Gasteiger charge is 2.41. The van der Waals surface area contributed by atoms with Crippen LogP contribution in [0, 0.1) is 18.8 Å². The molecule has 2 atom stereocenters. The van der Waals surface area contributed by atoms with Crippen molar-refractivity contribution in [2.24, 2.45) is 11.8 Å². The first-order chi connectivity index (χ1) is 16.3. The molecule has 4 aliphatic rings. The molecule has 0 bridgehead atoms. The molecule has 188 valence electrons. The molecule has 2 aliphatic carbocycles. The fourth-order valence-corrected chi connectivity index (χ4v) is 5.50. The number of rotatable bonds is 9. The monoisotopic (exact) mass is 472 g/mol. The maximum absolute atomic E-state index is 12.8. The molecular weight excluding hydrogens is 432 g/mol. The molecule has 0 spiro atoms. The van der Waals surface area contributed by atoms with Gasteiger partial charge in [-0.1, -0.05) is 0 Å². The third kappa shape index (κ3) is 6.13. The molecule has 6 heteroatoms. The summed E-state index contributed by atoms with van der Waals surface area (Å²) >= 11 is 0. The van der Waals surface area contributed by atoms with Crippen LogP contribution in [0.1, 0.15) is 81.1 Å². The number of hydrogen-bond donors (Lipinski definition) is 0. The van der Waals surface area contributed by atoms with Crippen molar-refractivity contribution in [3.05, 3.63) is 29.3 Å². The fourth-order valence-electron chi connectivity index (χ4n) is 5.50. The zero-order valence-corrected chi connectivity index (χ0v) is 21.0. The van der Waals surface area contributed by atoms with Gasteiger partial charge in [0.25, 0.3) is 0 Å². The van der Waals surface area contributed by atoms with Gasteiger partial charge < -0.3 is 23.7 Å². The van der Waals surface area contributed by atoms with E-state index in [1.54, 1.807) is 0 Å². The second-order valence-corrected chi connectivity index (χ2v) is 11.5. The van der Waals surface area contributed by atoms with Crippen LogP contribution < -0.4 is 4.74 Å². The van der Waals surface area contributed by atoms with Crippen LogP contribution >= 0.6 is 0 Å². The number of epoxide rings is 2. The molecule has 2 saturated heterocycles. The lowest BCUT2D eigenvalue weighted by Crippen LogP contribution is -2.32. The summed E-state index contributed by atoms with van der Waals surface area (Å²) < 4.78 is 28.7. The van der Waals surface area contributed by atoms with Crippen molar-refractivity contribution in [1.29, 1.82) is 0 Å². The van der Waals surface area contributed by atoms with Crippen LogP contribution in [0.2, 0.25) is 0 Å². The Morgan fingerprint density at radius 3 is 2.00 bits per heavy atom. The van der Waals surface area contributed by atoms with Crippen LogP contribution in [-0.2, 0) is 18.9 Å². The molecule has 2 saturated carbocycles. The minimum Gasteiger partial charge on any atom is -0.490 e. The van der Waals surface area contributed by atoms with Gasteiger partial charge in [0.1, 0.15) is 29.7 Å². The van der Waals surface area contributed by atoms with Gasteiger partial charge in [0.15, 0.2) is 0 Å². The molecule has 1 aromatic carbocycles. The van der Waals surface area contributed by atoms with Crippen LogP contribution in [0.15, 0.2) is 18.2 Å². The number of benzene rings is 1. The summed E-state index contributed by atoms with van der Waals surface area (Å²) in [7, 11) is 0. The maximum atomic E-state index is 12.8. The Bertz CT molecular complexity index is 858. The van der Waals surface area contributed by atoms with E-state index in [-0.39, 0.29) is 23.3 Å². The van der Waals surface area contributed by atoms with E-state index in [0.717, 1.165) is 68.7 Å². The zero-order valence-electron chi connectivity index (χ0n) is 21.0. The average molecular weight is 473 g/mol. The van der Waals surface area contributed by atoms with Crippen molar-refractivity contribution in [3.63, 3.8) is 0 Å². The van der Waals surface area contributed by atoms with Crippen molar-refractivity contribution in [2.75, 3.05) is 26.4 Å². The molecule has 1 aromatic rings. The van der Waals surface area contributed by atoms with Crippen LogP contribution in [0.5, 0.6) is 5.75 Å². The summed E-state index contributed by atoms with van der Waals surface area (Å²) in [6, 6.07) is 5.55. The van der Waals surface area contributed by atoms with Crippen molar-refractivity contribution in [2.45, 2.75) is 95.5 Å². The lowest BCUT2D eigenvalue weighted by Gasteiger charge is -2.37. The van der Waals surface area contributed by atoms with E-state index < -0.39 is 0 Å². The molecule has 2 unspecified atom stereocenters. The van der Waals surface area contributed by atoms with E-state index in [0.29, 0.717) is 18.3 Å². The molecule has 2 heterocycles. The minimum atomic E-state index is -0.221. The number of ether oxygens (including phenoxy) is 5. The van der Waals surface area contributed by atoms with Crippen LogP contribution in [0.4, 0.5) is 0 Å². The first kappa shape index (κ1) is 24.1. The van der Waals surface area contributed by atoms with E-state index in [4.69, 9.17) is 23.7 Å². The largest absolute Gasteiger partial charge is 0.490 e. The van der Waals surface area contributed by atoms with Gasteiger partial charge in [-0.2, -0.15) is 0 Å². The Labute approximate surface area is 203 Å². The Morgan fingerprint density at radius 2 is 1.44 bits per heavy atom. The highest BCUT2D eigenvalue weighted by Crippen LogP contribution is 2.40. The third-order valence-electron chi connectivity index (χ3n) is 8.22. The lowest BCUT2D eigenvalue weighted by atomic mass is 9.72. The molecule has 5 rings (SSSR count). The van der Waals surface area contributed by atoms with Gasteiger partial charge in [0.2, 0.25) is 0 Å². The molecule has 0 radical (unpaired) electrons. The van der Waals surface area contributed by atoms with Gasteiger partial charge in [-0.3, -0.25) is 0 Å². The standard InChI is InChI=1S/C28H40O6/c1-19-14-22(8-13-25(19)31-16-28(3)18-33-28)26(29)34-24-11-6-21(7-12-24)20-4-9-23(10-5-20)30-15-27(2)17-32-27/h8,13-14,20-21,23-24H,4-7,9-12,15-18H2,1-3H3. The van der Waals surface area contributed by atoms with Crippen LogP contribution in [-0.4, -0.2) is 55.8 Å².